The summed E-state index contributed by atoms with van der Waals surface area (Å²) >= 11 is 0. The van der Waals surface area contributed by atoms with Crippen molar-refractivity contribution in [2.75, 3.05) is 13.2 Å². The van der Waals surface area contributed by atoms with Gasteiger partial charge in [-0.15, -0.1) is 0 Å². The van der Waals surface area contributed by atoms with Crippen molar-refractivity contribution in [1.82, 2.24) is 4.57 Å². The second-order valence-electron chi connectivity index (χ2n) is 4.67. The maximum Gasteiger partial charge on any atom is 0.143 e. The Bertz CT molecular complexity index is 558. The molecule has 0 aliphatic rings. The van der Waals surface area contributed by atoms with Crippen LogP contribution in [-0.4, -0.2) is 17.7 Å². The molecular formula is C16H22N2O. The highest BCUT2D eigenvalue weighted by Crippen LogP contribution is 2.28. The zero-order valence-electron chi connectivity index (χ0n) is 11.9. The first kappa shape index (κ1) is 13.7. The van der Waals surface area contributed by atoms with Crippen LogP contribution in [0.15, 0.2) is 30.3 Å². The topological polar surface area (TPSA) is 40.2 Å². The van der Waals surface area contributed by atoms with E-state index in [9.17, 15) is 0 Å². The molecule has 0 aliphatic carbocycles. The second-order valence-corrected chi connectivity index (χ2v) is 4.67. The largest absolute Gasteiger partial charge is 0.492 e. The lowest BCUT2D eigenvalue weighted by atomic mass is 10.2. The van der Waals surface area contributed by atoms with E-state index in [0.717, 1.165) is 17.9 Å². The molecule has 2 aromatic rings. The first-order valence-corrected chi connectivity index (χ1v) is 6.79. The lowest BCUT2D eigenvalue weighted by Crippen LogP contribution is -2.06. The van der Waals surface area contributed by atoms with E-state index < -0.39 is 0 Å². The molecule has 0 atom stereocenters. The van der Waals surface area contributed by atoms with Crippen molar-refractivity contribution in [3.63, 3.8) is 0 Å². The summed E-state index contributed by atoms with van der Waals surface area (Å²) in [6, 6.07) is 10.4. The fourth-order valence-corrected chi connectivity index (χ4v) is 2.53. The van der Waals surface area contributed by atoms with E-state index in [1.807, 2.05) is 25.1 Å². The van der Waals surface area contributed by atoms with Crippen molar-refractivity contribution in [2.45, 2.75) is 27.2 Å². The van der Waals surface area contributed by atoms with Gasteiger partial charge < -0.3 is 15.0 Å². The number of para-hydroxylation sites is 2. The molecular weight excluding hydrogens is 236 g/mol. The van der Waals surface area contributed by atoms with Gasteiger partial charge in [0.1, 0.15) is 5.75 Å². The summed E-state index contributed by atoms with van der Waals surface area (Å²) < 4.78 is 7.97. The minimum Gasteiger partial charge on any atom is -0.492 e. The van der Waals surface area contributed by atoms with Gasteiger partial charge in [0.05, 0.1) is 12.3 Å². The molecule has 1 aromatic heterocycles. The van der Waals surface area contributed by atoms with Gasteiger partial charge in [-0.25, -0.2) is 0 Å². The summed E-state index contributed by atoms with van der Waals surface area (Å²) in [5.41, 5.74) is 10.5. The number of nitrogens with zero attached hydrogens (tertiary/aromatic N) is 1. The Balaban J connectivity index is 2.52. The predicted octanol–water partition coefficient (Wildman–Crippen LogP) is 2.99. The van der Waals surface area contributed by atoms with Gasteiger partial charge in [-0.1, -0.05) is 12.1 Å². The van der Waals surface area contributed by atoms with Crippen molar-refractivity contribution in [3.8, 4) is 11.4 Å². The van der Waals surface area contributed by atoms with Gasteiger partial charge in [0.15, 0.2) is 0 Å². The molecule has 0 fully saturated rings. The molecule has 19 heavy (non-hydrogen) atoms. The van der Waals surface area contributed by atoms with Crippen LogP contribution in [0.4, 0.5) is 0 Å². The van der Waals surface area contributed by atoms with E-state index >= 15 is 0 Å². The van der Waals surface area contributed by atoms with Crippen molar-refractivity contribution >= 4 is 0 Å². The smallest absolute Gasteiger partial charge is 0.143 e. The Morgan fingerprint density at radius 1 is 1.21 bits per heavy atom. The Morgan fingerprint density at radius 3 is 2.63 bits per heavy atom. The zero-order valence-corrected chi connectivity index (χ0v) is 11.9. The number of aromatic nitrogens is 1. The van der Waals surface area contributed by atoms with Crippen LogP contribution in [0, 0.1) is 13.8 Å². The van der Waals surface area contributed by atoms with E-state index in [2.05, 4.69) is 30.5 Å². The highest BCUT2D eigenvalue weighted by molar-refractivity contribution is 5.50. The molecule has 3 heteroatoms. The predicted molar refractivity (Wildman–Crippen MR) is 79.2 cm³/mol. The van der Waals surface area contributed by atoms with Gasteiger partial charge in [0, 0.05) is 11.4 Å². The molecule has 0 aliphatic heterocycles. The van der Waals surface area contributed by atoms with Crippen molar-refractivity contribution < 1.29 is 4.74 Å². The molecule has 0 amide bonds. The Morgan fingerprint density at radius 2 is 1.95 bits per heavy atom. The fourth-order valence-electron chi connectivity index (χ4n) is 2.53. The summed E-state index contributed by atoms with van der Waals surface area (Å²) in [5.74, 6) is 0.922. The number of rotatable bonds is 5. The minimum absolute atomic E-state index is 0.673. The Kier molecular flexibility index (Phi) is 4.27. The monoisotopic (exact) mass is 258 g/mol. The average Bonchev–Trinajstić information content (AvgIpc) is 2.67. The van der Waals surface area contributed by atoms with Gasteiger partial charge in [-0.2, -0.15) is 0 Å². The van der Waals surface area contributed by atoms with Gasteiger partial charge in [0.2, 0.25) is 0 Å². The van der Waals surface area contributed by atoms with Gasteiger partial charge in [-0.3, -0.25) is 0 Å². The molecule has 0 spiro atoms. The molecule has 1 aromatic carbocycles. The molecule has 0 saturated carbocycles. The minimum atomic E-state index is 0.673. The van der Waals surface area contributed by atoms with Crippen LogP contribution in [0.5, 0.6) is 5.75 Å². The standard InChI is InChI=1S/C16H22N2O/c1-4-19-16-8-6-5-7-15(16)18-12(2)11-14(9-10-17)13(18)3/h5-8,11H,4,9-10,17H2,1-3H3. The van der Waals surface area contributed by atoms with Crippen molar-refractivity contribution in [1.29, 1.82) is 0 Å². The number of hydrogen-bond donors (Lipinski definition) is 1. The Labute approximate surface area is 115 Å². The van der Waals surface area contributed by atoms with Crippen molar-refractivity contribution in [3.05, 3.63) is 47.3 Å². The van der Waals surface area contributed by atoms with Crippen LogP contribution in [0.2, 0.25) is 0 Å². The highest BCUT2D eigenvalue weighted by atomic mass is 16.5. The molecule has 3 nitrogen and oxygen atoms in total. The van der Waals surface area contributed by atoms with Crippen LogP contribution in [0.1, 0.15) is 23.9 Å². The van der Waals surface area contributed by atoms with E-state index in [4.69, 9.17) is 10.5 Å². The maximum atomic E-state index is 5.73. The third kappa shape index (κ3) is 2.66. The summed E-state index contributed by atoms with van der Waals surface area (Å²) in [5, 5.41) is 0. The van der Waals surface area contributed by atoms with Crippen LogP contribution in [-0.2, 0) is 6.42 Å². The normalized spacial score (nSPS) is 10.7. The summed E-state index contributed by atoms with van der Waals surface area (Å²) in [6.45, 7) is 7.62. The Hall–Kier alpha value is -1.74. The lowest BCUT2D eigenvalue weighted by molar-refractivity contribution is 0.339. The quantitative estimate of drug-likeness (QED) is 0.895. The SMILES string of the molecule is CCOc1ccccc1-n1c(C)cc(CCN)c1C. The average molecular weight is 258 g/mol. The number of benzene rings is 1. The van der Waals surface area contributed by atoms with Gasteiger partial charge in [-0.05, 0) is 57.5 Å². The molecule has 2 rings (SSSR count). The van der Waals surface area contributed by atoms with Crippen molar-refractivity contribution in [2.24, 2.45) is 5.73 Å². The molecule has 0 saturated heterocycles. The van der Waals surface area contributed by atoms with E-state index in [1.54, 1.807) is 0 Å². The third-order valence-electron chi connectivity index (χ3n) is 3.36. The number of ether oxygens (including phenoxy) is 1. The first-order chi connectivity index (χ1) is 9.19. The number of hydrogen-bond acceptors (Lipinski definition) is 2. The number of aryl methyl sites for hydroxylation is 1. The third-order valence-corrected chi connectivity index (χ3v) is 3.36. The molecule has 102 valence electrons. The van der Waals surface area contributed by atoms with E-state index in [0.29, 0.717) is 13.2 Å². The van der Waals surface area contributed by atoms with Gasteiger partial charge in [0.25, 0.3) is 0 Å². The van der Waals surface area contributed by atoms with Crippen LogP contribution < -0.4 is 10.5 Å². The molecule has 0 radical (unpaired) electrons. The molecule has 1 heterocycles. The van der Waals surface area contributed by atoms with E-state index in [1.165, 1.54) is 17.0 Å². The zero-order chi connectivity index (χ0) is 13.8. The summed E-state index contributed by atoms with van der Waals surface area (Å²) in [7, 11) is 0. The molecule has 0 unspecified atom stereocenters. The molecule has 0 bridgehead atoms. The van der Waals surface area contributed by atoms with Crippen LogP contribution >= 0.6 is 0 Å². The summed E-state index contributed by atoms with van der Waals surface area (Å²) in [6.07, 6.45) is 0.913. The van der Waals surface area contributed by atoms with Crippen LogP contribution in [0.25, 0.3) is 5.69 Å². The second kappa shape index (κ2) is 5.93. The molecule has 2 N–H and O–H groups in total. The highest BCUT2D eigenvalue weighted by Gasteiger charge is 2.13. The first-order valence-electron chi connectivity index (χ1n) is 6.79. The number of nitrogens with two attached hydrogens (primary N) is 1. The van der Waals surface area contributed by atoms with Crippen LogP contribution in [0.3, 0.4) is 0 Å². The maximum absolute atomic E-state index is 5.73. The summed E-state index contributed by atoms with van der Waals surface area (Å²) in [4.78, 5) is 0. The fraction of sp³-hybridized carbons (Fsp3) is 0.375. The van der Waals surface area contributed by atoms with Gasteiger partial charge >= 0.3 is 0 Å². The van der Waals surface area contributed by atoms with E-state index in [-0.39, 0.29) is 0 Å². The lowest BCUT2D eigenvalue weighted by Gasteiger charge is -2.15.